The summed E-state index contributed by atoms with van der Waals surface area (Å²) >= 11 is 0. The highest BCUT2D eigenvalue weighted by molar-refractivity contribution is 7.85. The van der Waals surface area contributed by atoms with Gasteiger partial charge in [0.1, 0.15) is 0 Å². The van der Waals surface area contributed by atoms with Crippen molar-refractivity contribution < 1.29 is 18.1 Å². The molecule has 0 spiro atoms. The summed E-state index contributed by atoms with van der Waals surface area (Å²) < 4.78 is 31.4. The van der Waals surface area contributed by atoms with Crippen LogP contribution in [0.5, 0.6) is 0 Å². The van der Waals surface area contributed by atoms with Gasteiger partial charge >= 0.3 is 0 Å². The summed E-state index contributed by atoms with van der Waals surface area (Å²) in [4.78, 5) is -0.114. The molecule has 2 atom stereocenters. The Bertz CT molecular complexity index is 725. The molecule has 0 aliphatic rings. The minimum atomic E-state index is -4.18. The quantitative estimate of drug-likeness (QED) is 0.132. The summed E-state index contributed by atoms with van der Waals surface area (Å²) in [6, 6.07) is 6.11. The zero-order valence-corrected chi connectivity index (χ0v) is 23.1. The van der Waals surface area contributed by atoms with Crippen molar-refractivity contribution in [3.05, 3.63) is 29.8 Å². The van der Waals surface area contributed by atoms with E-state index < -0.39 is 15.7 Å². The van der Waals surface area contributed by atoms with E-state index in [0.29, 0.717) is 6.42 Å². The second-order valence-corrected chi connectivity index (χ2v) is 12.1. The van der Waals surface area contributed by atoms with Crippen molar-refractivity contribution in [3.8, 4) is 0 Å². The van der Waals surface area contributed by atoms with Crippen molar-refractivity contribution in [1.29, 1.82) is 0 Å². The normalized spacial score (nSPS) is 14.7. The monoisotopic (exact) mass is 496 g/mol. The maximum atomic E-state index is 11.2. The Morgan fingerprint density at radius 1 is 0.735 bits per heavy atom. The van der Waals surface area contributed by atoms with E-state index in [1.54, 1.807) is 12.1 Å². The molecule has 0 heterocycles. The van der Waals surface area contributed by atoms with Gasteiger partial charge in [0.25, 0.3) is 10.1 Å². The molecule has 1 rings (SSSR count). The van der Waals surface area contributed by atoms with E-state index in [2.05, 4.69) is 13.8 Å². The van der Waals surface area contributed by atoms with Gasteiger partial charge in [-0.1, -0.05) is 129 Å². The minimum Gasteiger partial charge on any atom is -0.390 e. The SMILES string of the molecule is CCCCCCCCCCCCCCCCCCC(C)C(C)(O)Cc1ccc(S(=O)(=O)O)cc1. The highest BCUT2D eigenvalue weighted by atomic mass is 32.2. The van der Waals surface area contributed by atoms with E-state index in [0.717, 1.165) is 18.4 Å². The Hall–Kier alpha value is -0.910. The third-order valence-corrected chi connectivity index (χ3v) is 8.20. The minimum absolute atomic E-state index is 0.114. The third kappa shape index (κ3) is 14.5. The molecule has 0 fully saturated rings. The number of unbranched alkanes of at least 4 members (excludes halogenated alkanes) is 15. The molecule has 0 aliphatic carbocycles. The van der Waals surface area contributed by atoms with Crippen LogP contribution in [0.25, 0.3) is 0 Å². The highest BCUT2D eigenvalue weighted by Gasteiger charge is 2.28. The average Bonchev–Trinajstić information content (AvgIpc) is 2.78. The number of hydrogen-bond donors (Lipinski definition) is 2. The second-order valence-electron chi connectivity index (χ2n) is 10.6. The van der Waals surface area contributed by atoms with Crippen LogP contribution < -0.4 is 0 Å². The van der Waals surface area contributed by atoms with Crippen LogP contribution in [0.2, 0.25) is 0 Å². The zero-order chi connectivity index (χ0) is 25.3. The van der Waals surface area contributed by atoms with E-state index in [1.165, 1.54) is 108 Å². The molecule has 0 saturated carbocycles. The van der Waals surface area contributed by atoms with E-state index in [-0.39, 0.29) is 10.8 Å². The Morgan fingerprint density at radius 2 is 1.12 bits per heavy atom. The fourth-order valence-corrected chi connectivity index (χ4v) is 5.16. The van der Waals surface area contributed by atoms with Crippen molar-refractivity contribution in [1.82, 2.24) is 0 Å². The van der Waals surface area contributed by atoms with E-state index in [4.69, 9.17) is 4.55 Å². The maximum Gasteiger partial charge on any atom is 0.294 e. The number of aliphatic hydroxyl groups is 1. The van der Waals surface area contributed by atoms with Crippen LogP contribution in [-0.4, -0.2) is 23.7 Å². The van der Waals surface area contributed by atoms with Crippen LogP contribution in [0.1, 0.15) is 135 Å². The molecule has 0 amide bonds. The first-order valence-electron chi connectivity index (χ1n) is 14.0. The molecule has 4 nitrogen and oxygen atoms in total. The smallest absolute Gasteiger partial charge is 0.294 e. The van der Waals surface area contributed by atoms with Crippen molar-refractivity contribution in [3.63, 3.8) is 0 Å². The molecular formula is C29H52O4S. The molecule has 0 aromatic heterocycles. The molecule has 0 aliphatic heterocycles. The Kier molecular flexibility index (Phi) is 16.0. The van der Waals surface area contributed by atoms with Crippen LogP contribution in [-0.2, 0) is 16.5 Å². The van der Waals surface area contributed by atoms with Gasteiger partial charge < -0.3 is 5.11 Å². The Morgan fingerprint density at radius 3 is 1.50 bits per heavy atom. The van der Waals surface area contributed by atoms with E-state index in [1.807, 2.05) is 6.92 Å². The summed E-state index contributed by atoms with van der Waals surface area (Å²) in [5.41, 5.74) is 0.0333. The third-order valence-electron chi connectivity index (χ3n) is 7.34. The lowest BCUT2D eigenvalue weighted by atomic mass is 9.82. The van der Waals surface area contributed by atoms with E-state index >= 15 is 0 Å². The van der Waals surface area contributed by atoms with Crippen LogP contribution in [0.4, 0.5) is 0 Å². The van der Waals surface area contributed by atoms with Crippen LogP contribution in [0, 0.1) is 5.92 Å². The van der Waals surface area contributed by atoms with Gasteiger partial charge in [0, 0.05) is 6.42 Å². The Labute approximate surface area is 210 Å². The first-order chi connectivity index (χ1) is 16.2. The first-order valence-corrected chi connectivity index (χ1v) is 15.4. The van der Waals surface area contributed by atoms with E-state index in [9.17, 15) is 13.5 Å². The van der Waals surface area contributed by atoms with Crippen molar-refractivity contribution in [2.75, 3.05) is 0 Å². The van der Waals surface area contributed by atoms with Gasteiger partial charge in [-0.25, -0.2) is 0 Å². The molecule has 34 heavy (non-hydrogen) atoms. The van der Waals surface area contributed by atoms with Crippen molar-refractivity contribution in [2.45, 2.75) is 147 Å². The van der Waals surface area contributed by atoms with Gasteiger partial charge in [-0.2, -0.15) is 8.42 Å². The Balaban J connectivity index is 2.03. The number of benzene rings is 1. The number of rotatable bonds is 21. The van der Waals surface area contributed by atoms with Gasteiger partial charge in [-0.15, -0.1) is 0 Å². The molecule has 0 radical (unpaired) electrons. The molecule has 2 unspecified atom stereocenters. The predicted octanol–water partition coefficient (Wildman–Crippen LogP) is 8.51. The standard InChI is InChI=1S/C29H52O4S/c1-4-5-6-7-8-9-10-11-12-13-14-15-16-17-18-19-20-26(2)29(3,30)25-27-21-23-28(24-22-27)34(31,32)33/h21-24,26,30H,4-20,25H2,1-3H3,(H,31,32,33). The lowest BCUT2D eigenvalue weighted by molar-refractivity contribution is 0.00229. The average molecular weight is 497 g/mol. The topological polar surface area (TPSA) is 74.6 Å². The lowest BCUT2D eigenvalue weighted by Crippen LogP contribution is -2.35. The first kappa shape index (κ1) is 31.1. The molecule has 1 aromatic rings. The van der Waals surface area contributed by atoms with Crippen LogP contribution >= 0.6 is 0 Å². The summed E-state index contributed by atoms with van der Waals surface area (Å²) in [5, 5.41) is 10.9. The summed E-state index contributed by atoms with van der Waals surface area (Å²) in [6.07, 6.45) is 23.2. The van der Waals surface area contributed by atoms with Gasteiger partial charge in [-0.3, -0.25) is 4.55 Å². The molecular weight excluding hydrogens is 444 g/mol. The summed E-state index contributed by atoms with van der Waals surface area (Å²) in [7, 11) is -4.18. The second kappa shape index (κ2) is 17.5. The summed E-state index contributed by atoms with van der Waals surface area (Å²) in [5.74, 6) is 0.167. The van der Waals surface area contributed by atoms with Gasteiger partial charge in [0.2, 0.25) is 0 Å². The van der Waals surface area contributed by atoms with Crippen LogP contribution in [0.15, 0.2) is 29.2 Å². The summed E-state index contributed by atoms with van der Waals surface area (Å²) in [6.45, 7) is 6.23. The number of hydrogen-bond acceptors (Lipinski definition) is 3. The van der Waals surface area contributed by atoms with Crippen molar-refractivity contribution >= 4 is 10.1 Å². The van der Waals surface area contributed by atoms with Gasteiger partial charge in [0.15, 0.2) is 0 Å². The predicted molar refractivity (Wildman–Crippen MR) is 144 cm³/mol. The molecule has 198 valence electrons. The lowest BCUT2D eigenvalue weighted by Gasteiger charge is -2.30. The molecule has 0 saturated heterocycles. The fraction of sp³-hybridized carbons (Fsp3) is 0.793. The zero-order valence-electron chi connectivity index (χ0n) is 22.2. The molecule has 0 bridgehead atoms. The largest absolute Gasteiger partial charge is 0.390 e. The maximum absolute atomic E-state index is 11.2. The molecule has 2 N–H and O–H groups in total. The van der Waals surface area contributed by atoms with Gasteiger partial charge in [-0.05, 0) is 37.0 Å². The van der Waals surface area contributed by atoms with Crippen LogP contribution in [0.3, 0.4) is 0 Å². The molecule has 1 aromatic carbocycles. The van der Waals surface area contributed by atoms with Gasteiger partial charge in [0.05, 0.1) is 10.5 Å². The van der Waals surface area contributed by atoms with Crippen molar-refractivity contribution in [2.24, 2.45) is 5.92 Å². The fourth-order valence-electron chi connectivity index (χ4n) is 4.68. The molecule has 5 heteroatoms. The highest BCUT2D eigenvalue weighted by Crippen LogP contribution is 2.27.